The molecule has 1 heterocycles. The highest BCUT2D eigenvalue weighted by Gasteiger charge is 2.23. The van der Waals surface area contributed by atoms with Crippen molar-refractivity contribution in [3.8, 4) is 5.88 Å². The molecule has 1 aromatic heterocycles. The van der Waals surface area contributed by atoms with Gasteiger partial charge in [0.05, 0.1) is 12.8 Å². The van der Waals surface area contributed by atoms with Crippen molar-refractivity contribution in [2.24, 2.45) is 0 Å². The van der Waals surface area contributed by atoms with Gasteiger partial charge in [0.2, 0.25) is 5.88 Å². The van der Waals surface area contributed by atoms with Crippen LogP contribution in [-0.2, 0) is 10.0 Å². The first-order valence-corrected chi connectivity index (χ1v) is 8.47. The number of hydrogen-bond donors (Lipinski definition) is 1. The summed E-state index contributed by atoms with van der Waals surface area (Å²) in [7, 11) is 1.49. The molecule has 0 bridgehead atoms. The highest BCUT2D eigenvalue weighted by Crippen LogP contribution is 2.30. The Hall–Kier alpha value is -1.80. The van der Waals surface area contributed by atoms with Crippen LogP contribution in [0.5, 0.6) is 5.88 Å². The van der Waals surface area contributed by atoms with Crippen LogP contribution >= 0.6 is 11.5 Å². The molecule has 0 radical (unpaired) electrons. The zero-order valence-electron chi connectivity index (χ0n) is 12.2. The van der Waals surface area contributed by atoms with Crippen molar-refractivity contribution in [2.45, 2.75) is 11.8 Å². The van der Waals surface area contributed by atoms with Crippen LogP contribution in [0.15, 0.2) is 28.5 Å². The van der Waals surface area contributed by atoms with Crippen molar-refractivity contribution in [1.29, 1.82) is 0 Å². The molecule has 2 aromatic rings. The van der Waals surface area contributed by atoms with E-state index in [1.165, 1.54) is 12.5 Å². The van der Waals surface area contributed by atoms with E-state index in [0.29, 0.717) is 5.69 Å². The topological polar surface area (TPSA) is 71.5 Å². The normalized spacial score (nSPS) is 11.2. The minimum absolute atomic E-state index is 0.0460. The molecule has 114 valence electrons. The molecule has 6 nitrogen and oxygen atoms in total. The molecule has 21 heavy (non-hydrogen) atoms. The summed E-state index contributed by atoms with van der Waals surface area (Å²) in [6.45, 7) is 1.87. The Kier molecular flexibility index (Phi) is 4.38. The van der Waals surface area contributed by atoms with E-state index in [9.17, 15) is 8.42 Å². The van der Waals surface area contributed by atoms with Gasteiger partial charge in [-0.2, -0.15) is 4.37 Å². The molecule has 0 unspecified atom stereocenters. The molecule has 1 N–H and O–H groups in total. The van der Waals surface area contributed by atoms with Crippen LogP contribution in [-0.4, -0.2) is 34.0 Å². The van der Waals surface area contributed by atoms with Gasteiger partial charge in [-0.1, -0.05) is 6.07 Å². The van der Waals surface area contributed by atoms with Crippen LogP contribution in [0.2, 0.25) is 0 Å². The minimum Gasteiger partial charge on any atom is -0.479 e. The van der Waals surface area contributed by atoms with Crippen LogP contribution in [0, 0.1) is 6.92 Å². The fourth-order valence-corrected chi connectivity index (χ4v) is 4.14. The van der Waals surface area contributed by atoms with Crippen molar-refractivity contribution in [2.75, 3.05) is 30.8 Å². The summed E-state index contributed by atoms with van der Waals surface area (Å²) in [6, 6.07) is 5.47. The van der Waals surface area contributed by atoms with E-state index in [0.717, 1.165) is 22.8 Å². The Morgan fingerprint density at radius 2 is 2.05 bits per heavy atom. The smallest absolute Gasteiger partial charge is 0.268 e. The van der Waals surface area contributed by atoms with Crippen LogP contribution < -0.4 is 14.4 Å². The second kappa shape index (κ2) is 5.90. The van der Waals surface area contributed by atoms with Crippen molar-refractivity contribution in [3.63, 3.8) is 0 Å². The number of hydrogen-bond acceptors (Lipinski definition) is 6. The van der Waals surface area contributed by atoms with Crippen molar-refractivity contribution in [3.05, 3.63) is 29.1 Å². The average Bonchev–Trinajstić information content (AvgIpc) is 2.90. The molecule has 1 aromatic carbocycles. The molecule has 0 amide bonds. The molecule has 0 atom stereocenters. The first-order valence-electron chi connectivity index (χ1n) is 6.15. The molecule has 8 heteroatoms. The molecule has 0 aliphatic carbocycles. The number of rotatable bonds is 5. The molecule has 0 fully saturated rings. The van der Waals surface area contributed by atoms with E-state index < -0.39 is 10.0 Å². The van der Waals surface area contributed by atoms with Gasteiger partial charge in [0.25, 0.3) is 10.0 Å². The standard InChI is InChI=1S/C13H17N3O3S2/c1-9-10(6-5-7-11(9)16(2)3)15-21(17,18)12-8-20-14-13(12)19-4/h5-8,15H,1-4H3. The summed E-state index contributed by atoms with van der Waals surface area (Å²) in [5.41, 5.74) is 2.34. The molecule has 0 spiro atoms. The Morgan fingerprint density at radius 1 is 1.33 bits per heavy atom. The van der Waals surface area contributed by atoms with Gasteiger partial charge in [0.15, 0.2) is 4.90 Å². The lowest BCUT2D eigenvalue weighted by Gasteiger charge is -2.18. The third-order valence-corrected chi connectivity index (χ3v) is 5.14. The molecule has 0 aliphatic rings. The van der Waals surface area contributed by atoms with E-state index in [1.54, 1.807) is 6.07 Å². The molecule has 2 rings (SSSR count). The van der Waals surface area contributed by atoms with Crippen LogP contribution in [0.1, 0.15) is 5.56 Å². The highest BCUT2D eigenvalue weighted by molar-refractivity contribution is 7.93. The second-order valence-electron chi connectivity index (χ2n) is 4.64. The van der Waals surface area contributed by atoms with Gasteiger partial charge in [-0.3, -0.25) is 4.72 Å². The largest absolute Gasteiger partial charge is 0.479 e. The van der Waals surface area contributed by atoms with E-state index in [1.807, 2.05) is 38.1 Å². The number of nitrogens with zero attached hydrogens (tertiary/aromatic N) is 2. The second-order valence-corrected chi connectivity index (χ2v) is 6.92. The fourth-order valence-electron chi connectivity index (χ4n) is 1.95. The van der Waals surface area contributed by atoms with Gasteiger partial charge in [-0.25, -0.2) is 8.42 Å². The Balaban J connectivity index is 2.40. The van der Waals surface area contributed by atoms with Gasteiger partial charge in [0.1, 0.15) is 0 Å². The van der Waals surface area contributed by atoms with Gasteiger partial charge < -0.3 is 9.64 Å². The number of anilines is 2. The monoisotopic (exact) mass is 327 g/mol. The number of ether oxygens (including phenoxy) is 1. The lowest BCUT2D eigenvalue weighted by Crippen LogP contribution is -2.16. The van der Waals surface area contributed by atoms with Crippen molar-refractivity contribution < 1.29 is 13.2 Å². The summed E-state index contributed by atoms with van der Waals surface area (Å²) >= 11 is 1.04. The van der Waals surface area contributed by atoms with Crippen LogP contribution in [0.25, 0.3) is 0 Å². The SMILES string of the molecule is COc1nscc1S(=O)(=O)Nc1cccc(N(C)C)c1C. The summed E-state index contributed by atoms with van der Waals surface area (Å²) in [6.07, 6.45) is 0. The zero-order valence-corrected chi connectivity index (χ0v) is 13.9. The lowest BCUT2D eigenvalue weighted by atomic mass is 10.1. The molecular weight excluding hydrogens is 310 g/mol. The number of methoxy groups -OCH3 is 1. The maximum absolute atomic E-state index is 12.4. The van der Waals surface area contributed by atoms with Gasteiger partial charge >= 0.3 is 0 Å². The third-order valence-electron chi connectivity index (χ3n) is 3.02. The predicted octanol–water partition coefficient (Wildman–Crippen LogP) is 2.33. The van der Waals surface area contributed by atoms with E-state index in [4.69, 9.17) is 4.74 Å². The summed E-state index contributed by atoms with van der Waals surface area (Å²) in [5.74, 6) is 0.105. The Morgan fingerprint density at radius 3 is 2.67 bits per heavy atom. The van der Waals surface area contributed by atoms with Gasteiger partial charge in [-0.05, 0) is 36.2 Å². The number of nitrogens with one attached hydrogen (secondary N) is 1. The van der Waals surface area contributed by atoms with Gasteiger partial charge in [-0.15, -0.1) is 0 Å². The van der Waals surface area contributed by atoms with E-state index in [2.05, 4.69) is 9.10 Å². The average molecular weight is 327 g/mol. The molecule has 0 saturated heterocycles. The zero-order chi connectivity index (χ0) is 15.6. The van der Waals surface area contributed by atoms with E-state index >= 15 is 0 Å². The summed E-state index contributed by atoms with van der Waals surface area (Å²) < 4.78 is 36.3. The molecule has 0 aliphatic heterocycles. The minimum atomic E-state index is -3.72. The first kappa shape index (κ1) is 15.6. The maximum atomic E-state index is 12.4. The number of sulfonamides is 1. The first-order chi connectivity index (χ1) is 9.86. The van der Waals surface area contributed by atoms with Crippen LogP contribution in [0.4, 0.5) is 11.4 Å². The van der Waals surface area contributed by atoms with E-state index in [-0.39, 0.29) is 10.8 Å². The summed E-state index contributed by atoms with van der Waals surface area (Å²) in [5, 5.41) is 1.45. The Labute approximate surface area is 128 Å². The highest BCUT2D eigenvalue weighted by atomic mass is 32.2. The van der Waals surface area contributed by atoms with Crippen LogP contribution in [0.3, 0.4) is 0 Å². The summed E-state index contributed by atoms with van der Waals surface area (Å²) in [4.78, 5) is 1.98. The Bertz CT molecular complexity index is 739. The molecule has 0 saturated carbocycles. The fraction of sp³-hybridized carbons (Fsp3) is 0.308. The predicted molar refractivity (Wildman–Crippen MR) is 85.0 cm³/mol. The number of aromatic nitrogens is 1. The lowest BCUT2D eigenvalue weighted by molar-refractivity contribution is 0.391. The van der Waals surface area contributed by atoms with Crippen molar-refractivity contribution in [1.82, 2.24) is 4.37 Å². The third kappa shape index (κ3) is 3.11. The molecular formula is C13H17N3O3S2. The van der Waals surface area contributed by atoms with Gasteiger partial charge in [0, 0.05) is 25.2 Å². The number of benzene rings is 1. The quantitative estimate of drug-likeness (QED) is 0.912. The maximum Gasteiger partial charge on any atom is 0.268 e. The van der Waals surface area contributed by atoms with Crippen molar-refractivity contribution >= 4 is 32.9 Å².